The van der Waals surface area contributed by atoms with Crippen LogP contribution in [0.3, 0.4) is 0 Å². The van der Waals surface area contributed by atoms with E-state index in [9.17, 15) is 34.0 Å². The fourth-order valence-corrected chi connectivity index (χ4v) is 5.35. The second-order valence-corrected chi connectivity index (χ2v) is 11.9. The van der Waals surface area contributed by atoms with Gasteiger partial charge in [0, 0.05) is 64.5 Å². The summed E-state index contributed by atoms with van der Waals surface area (Å²) in [6.07, 6.45) is -7.45. The molecule has 243 valence electrons. The maximum Gasteiger partial charge on any atom is 0.308 e. The monoisotopic (exact) mass is 616 g/mol. The van der Waals surface area contributed by atoms with Crippen LogP contribution in [0.4, 0.5) is 0 Å². The molecule has 0 N–H and O–H groups in total. The molecule has 0 saturated carbocycles. The van der Waals surface area contributed by atoms with Gasteiger partial charge in [0.25, 0.3) is 0 Å². The van der Waals surface area contributed by atoms with Crippen LogP contribution in [0.1, 0.15) is 87.5 Å². The molecule has 0 aromatic rings. The smallest absolute Gasteiger partial charge is 0.308 e. The van der Waals surface area contributed by atoms with E-state index in [0.717, 1.165) is 32.8 Å². The van der Waals surface area contributed by atoms with Crippen molar-refractivity contribution in [1.29, 1.82) is 0 Å². The van der Waals surface area contributed by atoms with E-state index in [0.29, 0.717) is 12.8 Å². The molecular formula is C28H42NO14. The number of piperidine rings is 1. The summed E-state index contributed by atoms with van der Waals surface area (Å²) in [5.41, 5.74) is -1.44. The van der Waals surface area contributed by atoms with Crippen molar-refractivity contribution in [2.45, 2.75) is 135 Å². The van der Waals surface area contributed by atoms with E-state index in [2.05, 4.69) is 0 Å². The topological polar surface area (TPSA) is 190 Å². The first kappa shape index (κ1) is 35.9. The quantitative estimate of drug-likeness (QED) is 0.241. The first-order valence-electron chi connectivity index (χ1n) is 14.0. The fourth-order valence-electron chi connectivity index (χ4n) is 5.35. The van der Waals surface area contributed by atoms with Crippen LogP contribution in [0.5, 0.6) is 0 Å². The van der Waals surface area contributed by atoms with E-state index in [1.54, 1.807) is 27.7 Å². The Balaban J connectivity index is 2.09. The molecular weight excluding hydrogens is 574 g/mol. The summed E-state index contributed by atoms with van der Waals surface area (Å²) in [4.78, 5) is 72.4. The van der Waals surface area contributed by atoms with Crippen molar-refractivity contribution in [3.05, 3.63) is 0 Å². The van der Waals surface area contributed by atoms with Gasteiger partial charge in [0.1, 0.15) is 18.8 Å². The van der Waals surface area contributed by atoms with E-state index in [1.165, 1.54) is 0 Å². The van der Waals surface area contributed by atoms with Gasteiger partial charge < -0.3 is 33.2 Å². The molecule has 0 aliphatic carbocycles. The van der Waals surface area contributed by atoms with Gasteiger partial charge in [-0.2, -0.15) is 0 Å². The molecule has 2 fully saturated rings. The van der Waals surface area contributed by atoms with Crippen molar-refractivity contribution < 1.29 is 67.1 Å². The average Bonchev–Trinajstić information content (AvgIpc) is 2.83. The van der Waals surface area contributed by atoms with Crippen molar-refractivity contribution in [2.24, 2.45) is 0 Å². The highest BCUT2D eigenvalue weighted by atomic mass is 16.7. The Bertz CT molecular complexity index is 1040. The van der Waals surface area contributed by atoms with Crippen LogP contribution in [0, 0.1) is 0 Å². The predicted octanol–water partition coefficient (Wildman–Crippen LogP) is 1.69. The zero-order valence-corrected chi connectivity index (χ0v) is 25.9. The molecule has 0 aromatic carbocycles. The van der Waals surface area contributed by atoms with Gasteiger partial charge in [-0.3, -0.25) is 28.8 Å². The number of hydrogen-bond donors (Lipinski definition) is 0. The predicted molar refractivity (Wildman–Crippen MR) is 142 cm³/mol. The van der Waals surface area contributed by atoms with E-state index < -0.39 is 90.3 Å². The van der Waals surface area contributed by atoms with Gasteiger partial charge in [-0.05, 0) is 34.1 Å². The average molecular weight is 617 g/mol. The lowest BCUT2D eigenvalue weighted by molar-refractivity contribution is -0.300. The summed E-state index contributed by atoms with van der Waals surface area (Å²) in [7, 11) is 0. The second kappa shape index (κ2) is 14.9. The number of rotatable bonds is 11. The van der Waals surface area contributed by atoms with E-state index in [1.807, 2.05) is 0 Å². The third-order valence-corrected chi connectivity index (χ3v) is 6.81. The zero-order chi connectivity index (χ0) is 32.7. The van der Waals surface area contributed by atoms with Crippen molar-refractivity contribution >= 4 is 35.8 Å². The van der Waals surface area contributed by atoms with Crippen LogP contribution in [0.25, 0.3) is 0 Å². The van der Waals surface area contributed by atoms with Crippen LogP contribution < -0.4 is 0 Å². The summed E-state index contributed by atoms with van der Waals surface area (Å²) in [5, 5.41) is 13.6. The van der Waals surface area contributed by atoms with Gasteiger partial charge in [0.15, 0.2) is 12.2 Å². The van der Waals surface area contributed by atoms with Gasteiger partial charge in [0.2, 0.25) is 12.4 Å². The van der Waals surface area contributed by atoms with Crippen molar-refractivity contribution in [2.75, 3.05) is 6.61 Å². The standard InChI is InChI=1S/C28H42NO14/c1-15(30)37-14-20-23(38-16(2)31)24(39-17(3)32)25(40-18(4)33)26(42-20)43-22(35)11-9-10-21(34)41-19-12-27(5,6)29(36)28(7,8)13-19/h19-20,23-26H,9-14H2,1-8H3/t20-,23-,24+,25-,26+/m1/s1. The Morgan fingerprint density at radius 2 is 1.14 bits per heavy atom. The van der Waals surface area contributed by atoms with E-state index in [4.69, 9.17) is 33.2 Å². The van der Waals surface area contributed by atoms with Crippen molar-refractivity contribution in [3.63, 3.8) is 0 Å². The van der Waals surface area contributed by atoms with Crippen molar-refractivity contribution in [1.82, 2.24) is 5.06 Å². The van der Waals surface area contributed by atoms with Crippen LogP contribution in [0.15, 0.2) is 0 Å². The van der Waals surface area contributed by atoms with Crippen LogP contribution in [0.2, 0.25) is 0 Å². The first-order chi connectivity index (χ1) is 19.8. The third-order valence-electron chi connectivity index (χ3n) is 6.81. The minimum Gasteiger partial charge on any atom is -0.463 e. The minimum absolute atomic E-state index is 0.0378. The zero-order valence-electron chi connectivity index (χ0n) is 25.9. The van der Waals surface area contributed by atoms with Gasteiger partial charge >= 0.3 is 35.8 Å². The normalized spacial score (nSPS) is 26.9. The highest BCUT2D eigenvalue weighted by Crippen LogP contribution is 2.38. The molecule has 2 aliphatic heterocycles. The summed E-state index contributed by atoms with van der Waals surface area (Å²) in [6.45, 7) is 11.0. The number of ether oxygens (including phenoxy) is 7. The molecule has 0 spiro atoms. The molecule has 15 heteroatoms. The maximum atomic E-state index is 12.8. The van der Waals surface area contributed by atoms with Crippen molar-refractivity contribution in [3.8, 4) is 0 Å². The second-order valence-electron chi connectivity index (χ2n) is 11.9. The molecule has 43 heavy (non-hydrogen) atoms. The van der Waals surface area contributed by atoms with E-state index in [-0.39, 0.29) is 19.3 Å². The highest BCUT2D eigenvalue weighted by Gasteiger charge is 2.54. The van der Waals surface area contributed by atoms with Crippen LogP contribution in [-0.4, -0.2) is 95.4 Å². The molecule has 0 unspecified atom stereocenters. The third kappa shape index (κ3) is 10.7. The lowest BCUT2D eigenvalue weighted by atomic mass is 9.80. The number of carbonyl (C=O) groups excluding carboxylic acids is 6. The Labute approximate surface area is 250 Å². The molecule has 0 bridgehead atoms. The molecule has 2 rings (SSSR count). The first-order valence-corrected chi connectivity index (χ1v) is 14.0. The van der Waals surface area contributed by atoms with Crippen LogP contribution >= 0.6 is 0 Å². The minimum atomic E-state index is -1.65. The number of nitrogens with zero attached hydrogens (tertiary/aromatic N) is 1. The molecule has 0 amide bonds. The Hall–Kier alpha value is -3.30. The summed E-state index contributed by atoms with van der Waals surface area (Å²) in [5.74, 6) is -4.56. The number of hydroxylamine groups is 2. The molecule has 15 nitrogen and oxygen atoms in total. The SMILES string of the molecule is CC(=O)OC[C@H]1O[C@@H](OC(=O)CCCC(=O)OC2CC(C)(C)N([O])C(C)(C)C2)[C@H](OC(C)=O)[C@@H](OC(C)=O)[C@@H]1OC(C)=O. The molecule has 1 radical (unpaired) electrons. The largest absolute Gasteiger partial charge is 0.463 e. The number of esters is 6. The lowest BCUT2D eigenvalue weighted by Gasteiger charge is -2.49. The van der Waals surface area contributed by atoms with E-state index >= 15 is 0 Å². The van der Waals surface area contributed by atoms with Gasteiger partial charge in [-0.25, -0.2) is 0 Å². The Morgan fingerprint density at radius 1 is 0.674 bits per heavy atom. The summed E-state index contributed by atoms with van der Waals surface area (Å²) < 4.78 is 37.5. The molecule has 2 saturated heterocycles. The van der Waals surface area contributed by atoms with Gasteiger partial charge in [-0.1, -0.05) is 0 Å². The van der Waals surface area contributed by atoms with Gasteiger partial charge in [0.05, 0.1) is 0 Å². The summed E-state index contributed by atoms with van der Waals surface area (Å²) >= 11 is 0. The highest BCUT2D eigenvalue weighted by molar-refractivity contribution is 5.73. The molecule has 2 heterocycles. The molecule has 5 atom stereocenters. The molecule has 2 aliphatic rings. The number of hydrogen-bond acceptors (Lipinski definition) is 14. The summed E-state index contributed by atoms with van der Waals surface area (Å²) in [6, 6.07) is 0. The molecule has 0 aromatic heterocycles. The fraction of sp³-hybridized carbons (Fsp3) is 0.786. The Morgan fingerprint density at radius 3 is 1.63 bits per heavy atom. The lowest BCUT2D eigenvalue weighted by Crippen LogP contribution is -2.63. The van der Waals surface area contributed by atoms with Gasteiger partial charge in [-0.15, -0.1) is 10.3 Å². The number of carbonyl (C=O) groups is 6. The van der Waals surface area contributed by atoms with Crippen LogP contribution in [-0.2, 0) is 67.1 Å². The maximum absolute atomic E-state index is 12.8. The Kier molecular flexibility index (Phi) is 12.5.